The van der Waals surface area contributed by atoms with Crippen LogP contribution in [0.3, 0.4) is 0 Å². The Morgan fingerprint density at radius 3 is 2.67 bits per heavy atom. The van der Waals surface area contributed by atoms with E-state index in [1.807, 2.05) is 19.9 Å². The van der Waals surface area contributed by atoms with E-state index in [2.05, 4.69) is 31.3 Å². The number of halogens is 3. The van der Waals surface area contributed by atoms with Crippen LogP contribution in [-0.4, -0.2) is 28.4 Å². The summed E-state index contributed by atoms with van der Waals surface area (Å²) in [6, 6.07) is 15.5. The molecule has 4 rings (SSSR count). The standard InChI is InChI=1S/C26H21BrClFN4O3/c1-15(2)25-32-22-9-3-17(27)12-21(22)26(35)33(25)30-13-16-11-18(28)4-10-23(16)36-14-24(34)31-20-7-5-19(29)6-8-20/h3-13,15H,14H2,1-2H3,(H,31,34). The zero-order chi connectivity index (χ0) is 25.8. The molecule has 0 unspecified atom stereocenters. The summed E-state index contributed by atoms with van der Waals surface area (Å²) in [6.45, 7) is 3.54. The van der Waals surface area contributed by atoms with Gasteiger partial charge >= 0.3 is 0 Å². The molecule has 0 saturated heterocycles. The third-order valence-electron chi connectivity index (χ3n) is 5.12. The third kappa shape index (κ3) is 5.98. The van der Waals surface area contributed by atoms with Crippen molar-refractivity contribution in [3.8, 4) is 5.75 Å². The van der Waals surface area contributed by atoms with Crippen molar-refractivity contribution in [3.63, 3.8) is 0 Å². The lowest BCUT2D eigenvalue weighted by atomic mass is 10.2. The number of anilines is 1. The number of ether oxygens (including phenoxy) is 1. The number of aromatic nitrogens is 2. The third-order valence-corrected chi connectivity index (χ3v) is 5.85. The van der Waals surface area contributed by atoms with Gasteiger partial charge in [-0.25, -0.2) is 9.37 Å². The van der Waals surface area contributed by atoms with E-state index < -0.39 is 11.7 Å². The maximum Gasteiger partial charge on any atom is 0.282 e. The highest BCUT2D eigenvalue weighted by Gasteiger charge is 2.14. The van der Waals surface area contributed by atoms with Gasteiger partial charge in [-0.3, -0.25) is 9.59 Å². The van der Waals surface area contributed by atoms with Crippen LogP contribution >= 0.6 is 27.5 Å². The van der Waals surface area contributed by atoms with Crippen molar-refractivity contribution in [2.45, 2.75) is 19.8 Å². The lowest BCUT2D eigenvalue weighted by molar-refractivity contribution is -0.118. The van der Waals surface area contributed by atoms with E-state index in [1.54, 1.807) is 30.3 Å². The molecule has 4 aromatic rings. The molecule has 0 spiro atoms. The number of carbonyl (C=O) groups excluding carboxylic acids is 1. The summed E-state index contributed by atoms with van der Waals surface area (Å²) < 4.78 is 20.8. The summed E-state index contributed by atoms with van der Waals surface area (Å²) in [6.07, 6.45) is 1.44. The largest absolute Gasteiger partial charge is 0.483 e. The van der Waals surface area contributed by atoms with Gasteiger partial charge in [-0.1, -0.05) is 41.4 Å². The first kappa shape index (κ1) is 25.5. The molecule has 36 heavy (non-hydrogen) atoms. The van der Waals surface area contributed by atoms with Gasteiger partial charge in [0.05, 0.1) is 17.1 Å². The lowest BCUT2D eigenvalue weighted by Crippen LogP contribution is -2.23. The first-order chi connectivity index (χ1) is 17.2. The van der Waals surface area contributed by atoms with Gasteiger partial charge in [0.2, 0.25) is 0 Å². The SMILES string of the molecule is CC(C)c1nc2ccc(Br)cc2c(=O)n1N=Cc1cc(Cl)ccc1OCC(=O)Nc1ccc(F)cc1. The summed E-state index contributed by atoms with van der Waals surface area (Å²) in [5, 5.41) is 7.89. The molecule has 0 bridgehead atoms. The van der Waals surface area contributed by atoms with E-state index in [0.717, 1.165) is 4.47 Å². The molecular weight excluding hydrogens is 551 g/mol. The minimum Gasteiger partial charge on any atom is -0.483 e. The predicted octanol–water partition coefficient (Wildman–Crippen LogP) is 5.97. The van der Waals surface area contributed by atoms with Crippen molar-refractivity contribution in [3.05, 3.63) is 97.7 Å². The first-order valence-corrected chi connectivity index (χ1v) is 12.1. The van der Waals surface area contributed by atoms with Crippen molar-refractivity contribution in [2.75, 3.05) is 11.9 Å². The molecule has 1 N–H and O–H groups in total. The van der Waals surface area contributed by atoms with Gasteiger partial charge in [0.15, 0.2) is 6.61 Å². The van der Waals surface area contributed by atoms with Gasteiger partial charge in [0.1, 0.15) is 17.4 Å². The molecule has 0 aliphatic heterocycles. The molecular formula is C26H21BrClFN4O3. The van der Waals surface area contributed by atoms with Crippen LogP contribution in [0.25, 0.3) is 10.9 Å². The Morgan fingerprint density at radius 2 is 1.94 bits per heavy atom. The van der Waals surface area contributed by atoms with Crippen LogP contribution in [-0.2, 0) is 4.79 Å². The topological polar surface area (TPSA) is 85.6 Å². The second kappa shape index (κ2) is 11.0. The fraction of sp³-hybridized carbons (Fsp3) is 0.154. The van der Waals surface area contributed by atoms with E-state index in [9.17, 15) is 14.0 Å². The monoisotopic (exact) mass is 570 g/mol. The number of fused-ring (bicyclic) bond motifs is 1. The second-order valence-electron chi connectivity index (χ2n) is 8.17. The summed E-state index contributed by atoms with van der Waals surface area (Å²) >= 11 is 9.57. The Kier molecular flexibility index (Phi) is 7.81. The van der Waals surface area contributed by atoms with Gasteiger partial charge in [-0.05, 0) is 60.7 Å². The minimum absolute atomic E-state index is 0.0758. The van der Waals surface area contributed by atoms with E-state index in [1.165, 1.54) is 35.2 Å². The number of carbonyl (C=O) groups is 1. The Labute approximate surface area is 219 Å². The fourth-order valence-electron chi connectivity index (χ4n) is 3.40. The molecule has 0 aliphatic carbocycles. The van der Waals surface area contributed by atoms with Gasteiger partial charge in [0.25, 0.3) is 11.5 Å². The van der Waals surface area contributed by atoms with Gasteiger partial charge < -0.3 is 10.1 Å². The zero-order valence-electron chi connectivity index (χ0n) is 19.3. The normalized spacial score (nSPS) is 11.4. The number of nitrogens with zero attached hydrogens (tertiary/aromatic N) is 3. The Bertz CT molecular complexity index is 1520. The van der Waals surface area contributed by atoms with Crippen molar-refractivity contribution in [1.82, 2.24) is 9.66 Å². The number of hydrogen-bond acceptors (Lipinski definition) is 5. The van der Waals surface area contributed by atoms with Crippen molar-refractivity contribution in [1.29, 1.82) is 0 Å². The average molecular weight is 572 g/mol. The van der Waals surface area contributed by atoms with Crippen LogP contribution in [0.5, 0.6) is 5.75 Å². The number of nitrogens with one attached hydrogen (secondary N) is 1. The molecule has 1 aromatic heterocycles. The quantitative estimate of drug-likeness (QED) is 0.277. The maximum absolute atomic E-state index is 13.2. The summed E-state index contributed by atoms with van der Waals surface area (Å²) in [5.41, 5.74) is 1.17. The van der Waals surface area contributed by atoms with Crippen molar-refractivity contribution < 1.29 is 13.9 Å². The van der Waals surface area contributed by atoms with Crippen LogP contribution in [0.2, 0.25) is 5.02 Å². The highest BCUT2D eigenvalue weighted by atomic mass is 79.9. The smallest absolute Gasteiger partial charge is 0.282 e. The second-order valence-corrected chi connectivity index (χ2v) is 9.53. The van der Waals surface area contributed by atoms with Crippen LogP contribution in [0, 0.1) is 5.82 Å². The van der Waals surface area contributed by atoms with E-state index in [0.29, 0.717) is 38.8 Å². The molecule has 1 amide bonds. The Morgan fingerprint density at radius 1 is 1.19 bits per heavy atom. The molecule has 3 aromatic carbocycles. The Hall–Kier alpha value is -3.56. The molecule has 0 atom stereocenters. The number of amides is 1. The summed E-state index contributed by atoms with van der Waals surface area (Å²) in [4.78, 5) is 30.2. The summed E-state index contributed by atoms with van der Waals surface area (Å²) in [7, 11) is 0. The lowest BCUT2D eigenvalue weighted by Gasteiger charge is -2.13. The molecule has 184 valence electrons. The van der Waals surface area contributed by atoms with Crippen molar-refractivity contribution in [2.24, 2.45) is 5.10 Å². The predicted molar refractivity (Wildman–Crippen MR) is 143 cm³/mol. The van der Waals surface area contributed by atoms with Gasteiger partial charge in [0, 0.05) is 26.7 Å². The highest BCUT2D eigenvalue weighted by Crippen LogP contribution is 2.23. The van der Waals surface area contributed by atoms with Gasteiger partial charge in [-0.15, -0.1) is 0 Å². The molecule has 0 aliphatic rings. The van der Waals surface area contributed by atoms with Crippen LogP contribution in [0.15, 0.2) is 75.0 Å². The van der Waals surface area contributed by atoms with Crippen LogP contribution in [0.1, 0.15) is 31.2 Å². The molecule has 0 fully saturated rings. The minimum atomic E-state index is -0.429. The van der Waals surface area contributed by atoms with Gasteiger partial charge in [-0.2, -0.15) is 9.78 Å². The zero-order valence-corrected chi connectivity index (χ0v) is 21.7. The van der Waals surface area contributed by atoms with Crippen molar-refractivity contribution >= 4 is 56.2 Å². The maximum atomic E-state index is 13.2. The number of benzene rings is 3. The highest BCUT2D eigenvalue weighted by molar-refractivity contribution is 9.10. The van der Waals surface area contributed by atoms with E-state index in [4.69, 9.17) is 16.3 Å². The van der Waals surface area contributed by atoms with Crippen LogP contribution in [0.4, 0.5) is 10.1 Å². The van der Waals surface area contributed by atoms with E-state index in [-0.39, 0.29) is 18.1 Å². The number of rotatable bonds is 7. The molecule has 0 saturated carbocycles. The number of hydrogen-bond donors (Lipinski definition) is 1. The average Bonchev–Trinajstić information content (AvgIpc) is 2.84. The molecule has 7 nitrogen and oxygen atoms in total. The molecule has 1 heterocycles. The Balaban J connectivity index is 1.61. The van der Waals surface area contributed by atoms with E-state index >= 15 is 0 Å². The molecule has 10 heteroatoms. The first-order valence-electron chi connectivity index (χ1n) is 11.0. The fourth-order valence-corrected chi connectivity index (χ4v) is 3.94. The molecule has 0 radical (unpaired) electrons. The van der Waals surface area contributed by atoms with Crippen LogP contribution < -0.4 is 15.6 Å². The summed E-state index contributed by atoms with van der Waals surface area (Å²) in [5.74, 6) is -0.0687.